The average Bonchev–Trinajstić information content (AvgIpc) is 3.45. The van der Waals surface area contributed by atoms with Crippen molar-refractivity contribution in [3.05, 3.63) is 44.8 Å². The Labute approximate surface area is 188 Å². The summed E-state index contributed by atoms with van der Waals surface area (Å²) >= 11 is 1.20. The van der Waals surface area contributed by atoms with E-state index in [-0.39, 0.29) is 23.2 Å². The van der Waals surface area contributed by atoms with E-state index in [2.05, 4.69) is 15.2 Å². The number of hydrogen-bond acceptors (Lipinski definition) is 8. The summed E-state index contributed by atoms with van der Waals surface area (Å²) in [5, 5.41) is 9.22. The van der Waals surface area contributed by atoms with Crippen LogP contribution in [0.1, 0.15) is 61.8 Å². The third kappa shape index (κ3) is 4.29. The minimum atomic E-state index is -0.768. The van der Waals surface area contributed by atoms with Gasteiger partial charge in [-0.2, -0.15) is 0 Å². The van der Waals surface area contributed by atoms with E-state index in [4.69, 9.17) is 10.2 Å². The number of aromatic nitrogens is 5. The van der Waals surface area contributed by atoms with Crippen molar-refractivity contribution in [2.75, 3.05) is 11.5 Å². The molecule has 32 heavy (non-hydrogen) atoms. The number of furan rings is 1. The number of hydrogen-bond donors (Lipinski definition) is 2. The summed E-state index contributed by atoms with van der Waals surface area (Å²) in [5.74, 6) is 0.632. The summed E-state index contributed by atoms with van der Waals surface area (Å²) in [5.41, 5.74) is 4.45. The van der Waals surface area contributed by atoms with Crippen molar-refractivity contribution in [3.8, 4) is 11.6 Å². The number of rotatable bonds is 8. The molecule has 3 aromatic heterocycles. The molecule has 0 atom stereocenters. The first-order valence-electron chi connectivity index (χ1n) is 10.8. The number of nitrogen functional groups attached to an aromatic ring is 1. The summed E-state index contributed by atoms with van der Waals surface area (Å²) < 4.78 is 8.81. The van der Waals surface area contributed by atoms with E-state index in [0.29, 0.717) is 29.7 Å². The number of anilines is 1. The number of thioether (sulfide) groups is 1. The predicted molar refractivity (Wildman–Crippen MR) is 121 cm³/mol. The van der Waals surface area contributed by atoms with Gasteiger partial charge in [-0.3, -0.25) is 23.7 Å². The summed E-state index contributed by atoms with van der Waals surface area (Å²) in [6.45, 7) is 2.19. The van der Waals surface area contributed by atoms with Crippen LogP contribution in [-0.4, -0.2) is 35.9 Å². The lowest BCUT2D eigenvalue weighted by Crippen LogP contribution is -2.36. The molecule has 170 valence electrons. The van der Waals surface area contributed by atoms with Gasteiger partial charge in [0.25, 0.3) is 5.56 Å². The highest BCUT2D eigenvalue weighted by molar-refractivity contribution is 7.99. The Bertz CT molecular complexity index is 1200. The number of Topliss-reactive ketones (excluding diaryl/α,β-unsaturated/α-hetero) is 1. The maximum absolute atomic E-state index is 12.9. The van der Waals surface area contributed by atoms with Crippen LogP contribution in [-0.2, 0) is 6.54 Å². The minimum absolute atomic E-state index is 0.0549. The van der Waals surface area contributed by atoms with Crippen molar-refractivity contribution < 1.29 is 9.21 Å². The molecule has 0 bridgehead atoms. The van der Waals surface area contributed by atoms with E-state index in [0.717, 1.165) is 25.7 Å². The molecule has 1 aliphatic rings. The smallest absolute Gasteiger partial charge is 0.329 e. The number of carbonyl (C=O) groups excluding carboxylic acids is 1. The van der Waals surface area contributed by atoms with Crippen LogP contribution in [0.25, 0.3) is 11.6 Å². The van der Waals surface area contributed by atoms with E-state index in [1.165, 1.54) is 22.7 Å². The first-order chi connectivity index (χ1) is 15.5. The zero-order valence-corrected chi connectivity index (χ0v) is 18.7. The number of carbonyl (C=O) groups is 1. The van der Waals surface area contributed by atoms with Crippen molar-refractivity contribution >= 4 is 23.4 Å². The molecular weight excluding hydrogens is 432 g/mol. The zero-order valence-electron chi connectivity index (χ0n) is 17.9. The van der Waals surface area contributed by atoms with E-state index in [9.17, 15) is 14.4 Å². The highest BCUT2D eigenvalue weighted by atomic mass is 32.2. The molecule has 0 amide bonds. The zero-order chi connectivity index (χ0) is 22.7. The number of aromatic amines is 1. The highest BCUT2D eigenvalue weighted by Gasteiger charge is 2.26. The first kappa shape index (κ1) is 22.1. The lowest BCUT2D eigenvalue weighted by atomic mass is 9.95. The van der Waals surface area contributed by atoms with Crippen LogP contribution in [0.5, 0.6) is 0 Å². The Morgan fingerprint density at radius 3 is 2.75 bits per heavy atom. The summed E-state index contributed by atoms with van der Waals surface area (Å²) in [7, 11) is 0. The number of nitrogens with one attached hydrogen (secondary N) is 1. The third-order valence-electron chi connectivity index (χ3n) is 5.64. The van der Waals surface area contributed by atoms with Crippen molar-refractivity contribution in [1.82, 2.24) is 24.3 Å². The number of nitrogens with zero attached hydrogens (tertiary/aromatic N) is 4. The lowest BCUT2D eigenvalue weighted by Gasteiger charge is -2.25. The second-order valence-corrected chi connectivity index (χ2v) is 8.77. The SMILES string of the molecule is CCCn1c(N)c(C(=O)CSc2nnc(-c3ccco3)n2C2CCCCC2)c(=O)[nH]c1=O. The Kier molecular flexibility index (Phi) is 6.63. The molecule has 3 N–H and O–H groups in total. The molecular formula is C21H26N6O4S. The molecule has 0 spiro atoms. The Morgan fingerprint density at radius 2 is 2.06 bits per heavy atom. The van der Waals surface area contributed by atoms with Gasteiger partial charge in [0, 0.05) is 12.6 Å². The van der Waals surface area contributed by atoms with Gasteiger partial charge in [-0.1, -0.05) is 37.9 Å². The van der Waals surface area contributed by atoms with Gasteiger partial charge in [0.05, 0.1) is 12.0 Å². The third-order valence-corrected chi connectivity index (χ3v) is 6.59. The van der Waals surface area contributed by atoms with Crippen LogP contribution in [0.15, 0.2) is 37.6 Å². The van der Waals surface area contributed by atoms with Crippen molar-refractivity contribution in [2.24, 2.45) is 0 Å². The van der Waals surface area contributed by atoms with E-state index >= 15 is 0 Å². The quantitative estimate of drug-likeness (QED) is 0.388. The van der Waals surface area contributed by atoms with Crippen LogP contribution in [0, 0.1) is 0 Å². The number of nitrogens with two attached hydrogens (primary N) is 1. The van der Waals surface area contributed by atoms with Crippen molar-refractivity contribution in [2.45, 2.75) is 63.2 Å². The molecule has 3 aromatic rings. The number of H-pyrrole nitrogens is 1. The van der Waals surface area contributed by atoms with Gasteiger partial charge in [-0.15, -0.1) is 10.2 Å². The van der Waals surface area contributed by atoms with Gasteiger partial charge in [-0.25, -0.2) is 4.79 Å². The van der Waals surface area contributed by atoms with Crippen LogP contribution >= 0.6 is 11.8 Å². The van der Waals surface area contributed by atoms with Gasteiger partial charge in [0.1, 0.15) is 11.4 Å². The highest BCUT2D eigenvalue weighted by Crippen LogP contribution is 2.35. The second kappa shape index (κ2) is 9.60. The molecule has 4 rings (SSSR count). The fourth-order valence-corrected chi connectivity index (χ4v) is 5.00. The van der Waals surface area contributed by atoms with Crippen molar-refractivity contribution in [1.29, 1.82) is 0 Å². The van der Waals surface area contributed by atoms with Gasteiger partial charge in [0.2, 0.25) is 5.82 Å². The molecule has 0 aromatic carbocycles. The fraction of sp³-hybridized carbons (Fsp3) is 0.476. The Hall–Kier alpha value is -3.08. The monoisotopic (exact) mass is 458 g/mol. The molecule has 0 saturated heterocycles. The van der Waals surface area contributed by atoms with Gasteiger partial charge in [-0.05, 0) is 31.4 Å². The van der Waals surface area contributed by atoms with Crippen LogP contribution in [0.2, 0.25) is 0 Å². The van der Waals surface area contributed by atoms with Crippen LogP contribution in [0.3, 0.4) is 0 Å². The van der Waals surface area contributed by atoms with Gasteiger partial charge >= 0.3 is 5.69 Å². The lowest BCUT2D eigenvalue weighted by molar-refractivity contribution is 0.102. The molecule has 10 nitrogen and oxygen atoms in total. The predicted octanol–water partition coefficient (Wildman–Crippen LogP) is 2.86. The Morgan fingerprint density at radius 1 is 1.28 bits per heavy atom. The molecule has 0 unspecified atom stereocenters. The fourth-order valence-electron chi connectivity index (χ4n) is 4.12. The second-order valence-electron chi connectivity index (χ2n) is 7.83. The number of ketones is 1. The Balaban J connectivity index is 1.62. The first-order valence-corrected chi connectivity index (χ1v) is 11.8. The summed E-state index contributed by atoms with van der Waals surface area (Å²) in [6, 6.07) is 3.85. The van der Waals surface area contributed by atoms with Crippen LogP contribution < -0.4 is 17.0 Å². The maximum Gasteiger partial charge on any atom is 0.329 e. The molecule has 3 heterocycles. The largest absolute Gasteiger partial charge is 0.461 e. The molecule has 11 heteroatoms. The van der Waals surface area contributed by atoms with Crippen LogP contribution in [0.4, 0.5) is 5.82 Å². The van der Waals surface area contributed by atoms with E-state index in [1.54, 1.807) is 12.3 Å². The molecule has 0 radical (unpaired) electrons. The topological polar surface area (TPSA) is 142 Å². The maximum atomic E-state index is 12.9. The van der Waals surface area contributed by atoms with Crippen molar-refractivity contribution in [3.63, 3.8) is 0 Å². The molecule has 0 aliphatic heterocycles. The summed E-state index contributed by atoms with van der Waals surface area (Å²) in [4.78, 5) is 39.5. The average molecular weight is 459 g/mol. The normalized spacial score (nSPS) is 14.7. The van der Waals surface area contributed by atoms with Gasteiger partial charge < -0.3 is 10.2 Å². The minimum Gasteiger partial charge on any atom is -0.461 e. The van der Waals surface area contributed by atoms with E-state index in [1.807, 2.05) is 17.6 Å². The van der Waals surface area contributed by atoms with Gasteiger partial charge in [0.15, 0.2) is 16.7 Å². The molecule has 1 aliphatic carbocycles. The summed E-state index contributed by atoms with van der Waals surface area (Å²) in [6.07, 6.45) is 7.67. The standard InChI is InChI=1S/C21H26N6O4S/c1-2-10-26-17(22)16(19(29)23-20(26)30)14(28)12-32-21-25-24-18(15-9-6-11-31-15)27(21)13-7-4-3-5-8-13/h6,9,11,13H,2-5,7-8,10,12,22H2,1H3,(H,23,29,30). The molecule has 1 saturated carbocycles. The molecule has 1 fully saturated rings. The van der Waals surface area contributed by atoms with E-state index < -0.39 is 17.0 Å².